The lowest BCUT2D eigenvalue weighted by molar-refractivity contribution is -0.146. The van der Waals surface area contributed by atoms with Gasteiger partial charge in [-0.25, -0.2) is 4.79 Å². The average molecular weight is 488 g/mol. The molecule has 0 aliphatic rings. The number of carbonyl (C=O) groups is 2. The van der Waals surface area contributed by atoms with E-state index >= 15 is 0 Å². The van der Waals surface area contributed by atoms with Crippen LogP contribution in [0.5, 0.6) is 5.75 Å². The zero-order chi connectivity index (χ0) is 25.7. The van der Waals surface area contributed by atoms with Crippen molar-refractivity contribution in [2.45, 2.75) is 19.8 Å². The quantitative estimate of drug-likeness (QED) is 0.247. The normalized spacial score (nSPS) is 11.3. The third-order valence-electron chi connectivity index (χ3n) is 5.93. The van der Waals surface area contributed by atoms with Crippen molar-refractivity contribution >= 4 is 28.5 Å². The monoisotopic (exact) mass is 487 g/mol. The molecule has 0 spiro atoms. The summed E-state index contributed by atoms with van der Waals surface area (Å²) in [4.78, 5) is 25.0. The number of fused-ring (bicyclic) bond motifs is 1. The first-order chi connectivity index (χ1) is 17.2. The number of ether oxygens (including phenoxy) is 3. The van der Waals surface area contributed by atoms with Crippen molar-refractivity contribution in [3.8, 4) is 5.75 Å². The van der Waals surface area contributed by atoms with Crippen LogP contribution in [0.25, 0.3) is 10.9 Å². The number of hydrogen-bond acceptors (Lipinski definition) is 5. The van der Waals surface area contributed by atoms with E-state index < -0.39 is 5.97 Å². The summed E-state index contributed by atoms with van der Waals surface area (Å²) in [6.45, 7) is 0.332. The lowest BCUT2D eigenvalue weighted by atomic mass is 10.1. The molecule has 186 valence electrons. The summed E-state index contributed by atoms with van der Waals surface area (Å²) >= 11 is 0. The minimum Gasteiger partial charge on any atom is -0.489 e. The molecule has 0 saturated heterocycles. The van der Waals surface area contributed by atoms with E-state index in [0.717, 1.165) is 27.7 Å². The first-order valence-electron chi connectivity index (χ1n) is 11.7. The van der Waals surface area contributed by atoms with Crippen LogP contribution in [-0.2, 0) is 34.0 Å². The van der Waals surface area contributed by atoms with E-state index in [0.29, 0.717) is 22.5 Å². The fraction of sp³-hybridized carbons (Fsp3) is 0.241. The summed E-state index contributed by atoms with van der Waals surface area (Å²) in [5, 5.41) is 0.785. The molecule has 3 aromatic carbocycles. The number of benzene rings is 3. The van der Waals surface area contributed by atoms with Gasteiger partial charge >= 0.3 is 11.9 Å². The summed E-state index contributed by atoms with van der Waals surface area (Å²) < 4.78 is 18.8. The molecule has 36 heavy (non-hydrogen) atoms. The zero-order valence-electron chi connectivity index (χ0n) is 21.1. The Labute approximate surface area is 211 Å². The van der Waals surface area contributed by atoms with Crippen LogP contribution in [0.1, 0.15) is 21.6 Å². The van der Waals surface area contributed by atoms with Gasteiger partial charge in [0.05, 0.1) is 40.2 Å². The number of rotatable bonds is 9. The molecule has 0 aliphatic carbocycles. The minimum absolute atomic E-state index is 0.103. The molecule has 0 atom stereocenters. The Hall–Kier alpha value is -4.10. The molecular weight excluding hydrogens is 456 g/mol. The fourth-order valence-corrected chi connectivity index (χ4v) is 3.91. The fourth-order valence-electron chi connectivity index (χ4n) is 3.91. The third-order valence-corrected chi connectivity index (χ3v) is 5.93. The van der Waals surface area contributed by atoms with Gasteiger partial charge in [-0.1, -0.05) is 42.5 Å². The molecule has 0 unspecified atom stereocenters. The number of quaternary nitrogens is 1. The molecule has 7 heteroatoms. The lowest BCUT2D eigenvalue weighted by Gasteiger charge is -2.23. The SMILES string of the molecule is COC(=O)c1cc2cc(OCc3ccccc3)ccc2n1COC(=O)Cc1ccc([N+](C)(C)C)cc1. The molecular formula is C29H31N2O5+. The highest BCUT2D eigenvalue weighted by atomic mass is 16.5. The highest BCUT2D eigenvalue weighted by molar-refractivity contribution is 5.96. The van der Waals surface area contributed by atoms with Gasteiger partial charge in [-0.15, -0.1) is 0 Å². The smallest absolute Gasteiger partial charge is 0.354 e. The minimum atomic E-state index is -0.509. The summed E-state index contributed by atoms with van der Waals surface area (Å²) in [5.74, 6) is -0.215. The molecule has 1 aromatic heterocycles. The summed E-state index contributed by atoms with van der Waals surface area (Å²) in [5.41, 5.74) is 4.10. The van der Waals surface area contributed by atoms with Gasteiger partial charge in [0.25, 0.3) is 0 Å². The van der Waals surface area contributed by atoms with Crippen molar-refractivity contribution in [1.29, 1.82) is 0 Å². The summed E-state index contributed by atoms with van der Waals surface area (Å²) in [7, 11) is 7.58. The topological polar surface area (TPSA) is 66.8 Å². The molecule has 4 aromatic rings. The largest absolute Gasteiger partial charge is 0.489 e. The Bertz CT molecular complexity index is 1350. The number of aromatic nitrogens is 1. The van der Waals surface area contributed by atoms with Crippen LogP contribution in [0.15, 0.2) is 78.9 Å². The highest BCUT2D eigenvalue weighted by Gasteiger charge is 2.18. The predicted molar refractivity (Wildman–Crippen MR) is 140 cm³/mol. The summed E-state index contributed by atoms with van der Waals surface area (Å²) in [6.07, 6.45) is 0.141. The molecule has 0 aliphatic heterocycles. The first kappa shape index (κ1) is 25.0. The van der Waals surface area contributed by atoms with Crippen molar-refractivity contribution in [1.82, 2.24) is 9.05 Å². The molecule has 7 nitrogen and oxygen atoms in total. The molecule has 0 amide bonds. The van der Waals surface area contributed by atoms with Gasteiger partial charge in [0.15, 0.2) is 6.73 Å². The first-order valence-corrected chi connectivity index (χ1v) is 11.7. The molecule has 0 N–H and O–H groups in total. The maximum atomic E-state index is 12.6. The molecule has 4 rings (SSSR count). The van der Waals surface area contributed by atoms with Gasteiger partial charge in [-0.05, 0) is 47.5 Å². The van der Waals surface area contributed by atoms with Crippen LogP contribution in [0, 0.1) is 0 Å². The van der Waals surface area contributed by atoms with E-state index in [1.807, 2.05) is 72.8 Å². The van der Waals surface area contributed by atoms with E-state index in [-0.39, 0.29) is 19.1 Å². The van der Waals surface area contributed by atoms with Gasteiger partial charge in [0.2, 0.25) is 0 Å². The van der Waals surface area contributed by atoms with Crippen molar-refractivity contribution in [3.63, 3.8) is 0 Å². The van der Waals surface area contributed by atoms with Gasteiger partial charge in [0.1, 0.15) is 23.7 Å². The van der Waals surface area contributed by atoms with Crippen LogP contribution in [-0.4, -0.2) is 44.8 Å². The van der Waals surface area contributed by atoms with E-state index in [1.165, 1.54) is 7.11 Å². The number of hydrogen-bond donors (Lipinski definition) is 0. The number of carbonyl (C=O) groups excluding carboxylic acids is 2. The Morgan fingerprint density at radius 3 is 2.25 bits per heavy atom. The average Bonchev–Trinajstić information content (AvgIpc) is 3.24. The van der Waals surface area contributed by atoms with Crippen molar-refractivity contribution in [2.24, 2.45) is 0 Å². The summed E-state index contributed by atoms with van der Waals surface area (Å²) in [6, 6.07) is 25.0. The second-order valence-corrected chi connectivity index (χ2v) is 9.45. The third kappa shape index (κ3) is 5.93. The van der Waals surface area contributed by atoms with Gasteiger partial charge in [0, 0.05) is 5.39 Å². The van der Waals surface area contributed by atoms with Crippen molar-refractivity contribution < 1.29 is 23.8 Å². The number of nitrogens with zero attached hydrogens (tertiary/aromatic N) is 2. The van der Waals surface area contributed by atoms with Crippen molar-refractivity contribution in [2.75, 3.05) is 28.3 Å². The predicted octanol–water partition coefficient (Wildman–Crippen LogP) is 4.95. The van der Waals surface area contributed by atoms with Crippen LogP contribution < -0.4 is 9.22 Å². The number of esters is 2. The Morgan fingerprint density at radius 1 is 0.861 bits per heavy atom. The Morgan fingerprint density at radius 2 is 1.58 bits per heavy atom. The second kappa shape index (κ2) is 10.7. The second-order valence-electron chi connectivity index (χ2n) is 9.45. The Balaban J connectivity index is 1.47. The highest BCUT2D eigenvalue weighted by Crippen LogP contribution is 2.26. The number of methoxy groups -OCH3 is 1. The van der Waals surface area contributed by atoms with E-state index in [4.69, 9.17) is 14.2 Å². The lowest BCUT2D eigenvalue weighted by Crippen LogP contribution is -2.34. The van der Waals surface area contributed by atoms with Crippen LogP contribution in [0.4, 0.5) is 5.69 Å². The standard InChI is InChI=1S/C29H31N2O5/c1-31(2,3)24-12-10-21(11-13-24)16-28(32)36-20-30-26-15-14-25(35-19-22-8-6-5-7-9-22)17-23(26)18-27(30)29(33)34-4/h5-15,17-18H,16,19-20H2,1-4H3/q+1. The van der Waals surface area contributed by atoms with Crippen LogP contribution in [0.2, 0.25) is 0 Å². The van der Waals surface area contributed by atoms with E-state index in [1.54, 1.807) is 10.6 Å². The van der Waals surface area contributed by atoms with Gasteiger partial charge in [-0.2, -0.15) is 0 Å². The maximum absolute atomic E-state index is 12.6. The van der Waals surface area contributed by atoms with Gasteiger partial charge in [-0.3, -0.25) is 9.28 Å². The maximum Gasteiger partial charge on any atom is 0.354 e. The van der Waals surface area contributed by atoms with Crippen molar-refractivity contribution in [3.05, 3.63) is 95.7 Å². The van der Waals surface area contributed by atoms with Gasteiger partial charge < -0.3 is 18.8 Å². The van der Waals surface area contributed by atoms with Crippen LogP contribution >= 0.6 is 0 Å². The molecule has 1 heterocycles. The van der Waals surface area contributed by atoms with E-state index in [2.05, 4.69) is 21.1 Å². The Kier molecular flexibility index (Phi) is 7.41. The molecule has 0 bridgehead atoms. The molecule has 0 radical (unpaired) electrons. The molecule has 0 saturated carbocycles. The molecule has 0 fully saturated rings. The van der Waals surface area contributed by atoms with E-state index in [9.17, 15) is 9.59 Å². The van der Waals surface area contributed by atoms with Crippen LogP contribution in [0.3, 0.4) is 0 Å². The zero-order valence-corrected chi connectivity index (χ0v) is 21.1.